The van der Waals surface area contributed by atoms with E-state index >= 15 is 0 Å². The molecular formula is C13H16N2O2S. The summed E-state index contributed by atoms with van der Waals surface area (Å²) in [6, 6.07) is 6.96. The number of benzene rings is 1. The lowest BCUT2D eigenvalue weighted by molar-refractivity contribution is -0.123. The molecule has 1 unspecified atom stereocenters. The van der Waals surface area contributed by atoms with Crippen LogP contribution in [0.25, 0.3) is 10.1 Å². The molecule has 0 fully saturated rings. The van der Waals surface area contributed by atoms with Crippen LogP contribution >= 0.6 is 11.5 Å². The van der Waals surface area contributed by atoms with Crippen molar-refractivity contribution in [3.8, 4) is 0 Å². The molecule has 1 heterocycles. The van der Waals surface area contributed by atoms with E-state index < -0.39 is 6.04 Å². The topological polar surface area (TPSA) is 51.1 Å². The van der Waals surface area contributed by atoms with Gasteiger partial charge in [-0.3, -0.25) is 13.5 Å². The Morgan fingerprint density at radius 3 is 2.83 bits per heavy atom. The van der Waals surface area contributed by atoms with Crippen LogP contribution in [0.15, 0.2) is 29.1 Å². The summed E-state index contributed by atoms with van der Waals surface area (Å²) in [4.78, 5) is 24.0. The van der Waals surface area contributed by atoms with Crippen molar-refractivity contribution in [2.45, 2.75) is 26.3 Å². The van der Waals surface area contributed by atoms with Gasteiger partial charge in [0.2, 0.25) is 5.91 Å². The SMILES string of the molecule is CCCNC(=O)C(C)n1sc2ccccc2c1=O. The van der Waals surface area contributed by atoms with Gasteiger partial charge in [0.05, 0.1) is 10.1 Å². The number of hydrogen-bond acceptors (Lipinski definition) is 3. The first-order chi connectivity index (χ1) is 8.65. The molecule has 1 amide bonds. The molecule has 0 bridgehead atoms. The molecule has 2 aromatic rings. The summed E-state index contributed by atoms with van der Waals surface area (Å²) >= 11 is 1.34. The Kier molecular flexibility index (Phi) is 3.81. The van der Waals surface area contributed by atoms with Gasteiger partial charge in [0.25, 0.3) is 5.56 Å². The van der Waals surface area contributed by atoms with Crippen molar-refractivity contribution in [1.29, 1.82) is 0 Å². The molecule has 1 aromatic heterocycles. The Hall–Kier alpha value is -1.62. The average molecular weight is 264 g/mol. The average Bonchev–Trinajstić information content (AvgIpc) is 2.73. The van der Waals surface area contributed by atoms with Gasteiger partial charge >= 0.3 is 0 Å². The third kappa shape index (κ3) is 2.31. The fraction of sp³-hybridized carbons (Fsp3) is 0.385. The molecular weight excluding hydrogens is 248 g/mol. The van der Waals surface area contributed by atoms with Gasteiger partial charge in [-0.1, -0.05) is 30.6 Å². The zero-order valence-corrected chi connectivity index (χ0v) is 11.3. The molecule has 0 aliphatic carbocycles. The quantitative estimate of drug-likeness (QED) is 0.920. The van der Waals surface area contributed by atoms with E-state index in [4.69, 9.17) is 0 Å². The minimum Gasteiger partial charge on any atom is -0.354 e. The number of hydrogen-bond donors (Lipinski definition) is 1. The van der Waals surface area contributed by atoms with Crippen molar-refractivity contribution in [2.24, 2.45) is 0 Å². The maximum absolute atomic E-state index is 12.1. The molecule has 4 nitrogen and oxygen atoms in total. The lowest BCUT2D eigenvalue weighted by atomic mass is 10.2. The van der Waals surface area contributed by atoms with E-state index in [1.165, 1.54) is 15.5 Å². The maximum atomic E-state index is 12.1. The molecule has 96 valence electrons. The van der Waals surface area contributed by atoms with E-state index in [0.717, 1.165) is 11.1 Å². The number of carbonyl (C=O) groups excluding carboxylic acids is 1. The highest BCUT2D eigenvalue weighted by Gasteiger charge is 2.18. The van der Waals surface area contributed by atoms with Gasteiger partial charge in [-0.15, -0.1) is 0 Å². The predicted molar refractivity (Wildman–Crippen MR) is 74.1 cm³/mol. The predicted octanol–water partition coefficient (Wildman–Crippen LogP) is 2.15. The van der Waals surface area contributed by atoms with Crippen LogP contribution in [0.5, 0.6) is 0 Å². The Morgan fingerprint density at radius 2 is 2.17 bits per heavy atom. The fourth-order valence-corrected chi connectivity index (χ4v) is 2.79. The summed E-state index contributed by atoms with van der Waals surface area (Å²) in [6.07, 6.45) is 0.889. The zero-order chi connectivity index (χ0) is 13.1. The van der Waals surface area contributed by atoms with Crippen LogP contribution in [0.1, 0.15) is 26.3 Å². The molecule has 0 aliphatic heterocycles. The Labute approximate surface area is 109 Å². The minimum atomic E-state index is -0.457. The van der Waals surface area contributed by atoms with Crippen LogP contribution in [0.2, 0.25) is 0 Å². The second-order valence-electron chi connectivity index (χ2n) is 4.19. The zero-order valence-electron chi connectivity index (χ0n) is 10.5. The number of fused-ring (bicyclic) bond motifs is 1. The number of carbonyl (C=O) groups is 1. The molecule has 0 aliphatic rings. The van der Waals surface area contributed by atoms with Crippen molar-refractivity contribution in [3.63, 3.8) is 0 Å². The lowest BCUT2D eigenvalue weighted by Gasteiger charge is -2.11. The van der Waals surface area contributed by atoms with Crippen molar-refractivity contribution >= 4 is 27.5 Å². The first-order valence-electron chi connectivity index (χ1n) is 6.03. The van der Waals surface area contributed by atoms with Crippen molar-refractivity contribution < 1.29 is 4.79 Å². The fourth-order valence-electron chi connectivity index (χ4n) is 1.75. The van der Waals surface area contributed by atoms with Crippen LogP contribution < -0.4 is 10.9 Å². The molecule has 0 radical (unpaired) electrons. The number of nitrogens with zero attached hydrogens (tertiary/aromatic N) is 1. The molecule has 0 spiro atoms. The number of rotatable bonds is 4. The monoisotopic (exact) mass is 264 g/mol. The Morgan fingerprint density at radius 1 is 1.44 bits per heavy atom. The smallest absolute Gasteiger partial charge is 0.269 e. The number of amides is 1. The maximum Gasteiger partial charge on any atom is 0.269 e. The highest BCUT2D eigenvalue weighted by atomic mass is 32.1. The van der Waals surface area contributed by atoms with Crippen LogP contribution in [-0.2, 0) is 4.79 Å². The lowest BCUT2D eigenvalue weighted by Crippen LogP contribution is -2.34. The summed E-state index contributed by atoms with van der Waals surface area (Å²) < 4.78 is 2.45. The summed E-state index contributed by atoms with van der Waals surface area (Å²) in [5.41, 5.74) is -0.0882. The molecule has 5 heteroatoms. The van der Waals surface area contributed by atoms with Crippen LogP contribution in [-0.4, -0.2) is 16.4 Å². The molecule has 1 aromatic carbocycles. The van der Waals surface area contributed by atoms with E-state index in [2.05, 4.69) is 5.32 Å². The molecule has 2 rings (SSSR count). The van der Waals surface area contributed by atoms with Crippen LogP contribution in [0.3, 0.4) is 0 Å². The molecule has 0 saturated heterocycles. The summed E-state index contributed by atoms with van der Waals surface area (Å²) in [6.45, 7) is 4.39. The summed E-state index contributed by atoms with van der Waals surface area (Å²) in [5.74, 6) is -0.106. The second-order valence-corrected chi connectivity index (χ2v) is 5.20. The van der Waals surface area contributed by atoms with Crippen molar-refractivity contribution in [2.75, 3.05) is 6.54 Å². The van der Waals surface area contributed by atoms with Gasteiger partial charge in [-0.25, -0.2) is 0 Å². The summed E-state index contributed by atoms with van der Waals surface area (Å²) in [5, 5.41) is 3.49. The number of nitrogens with one attached hydrogen (secondary N) is 1. The molecule has 1 N–H and O–H groups in total. The molecule has 18 heavy (non-hydrogen) atoms. The first kappa shape index (κ1) is 12.8. The summed E-state index contributed by atoms with van der Waals surface area (Å²) in [7, 11) is 0. The highest BCUT2D eigenvalue weighted by Crippen LogP contribution is 2.19. The number of aromatic nitrogens is 1. The molecule has 1 atom stereocenters. The van der Waals surface area contributed by atoms with E-state index in [-0.39, 0.29) is 11.5 Å². The van der Waals surface area contributed by atoms with Gasteiger partial charge in [0.1, 0.15) is 6.04 Å². The van der Waals surface area contributed by atoms with E-state index in [1.807, 2.05) is 25.1 Å². The molecule has 0 saturated carbocycles. The third-order valence-electron chi connectivity index (χ3n) is 2.79. The van der Waals surface area contributed by atoms with Crippen LogP contribution in [0, 0.1) is 0 Å². The standard InChI is InChI=1S/C13H16N2O2S/c1-3-8-14-12(16)9(2)15-13(17)10-6-4-5-7-11(10)18-15/h4-7,9H,3,8H2,1-2H3,(H,14,16). The highest BCUT2D eigenvalue weighted by molar-refractivity contribution is 7.13. The second kappa shape index (κ2) is 5.35. The minimum absolute atomic E-state index is 0.0882. The van der Waals surface area contributed by atoms with E-state index in [1.54, 1.807) is 13.0 Å². The third-order valence-corrected chi connectivity index (χ3v) is 4.03. The van der Waals surface area contributed by atoms with Gasteiger partial charge in [0.15, 0.2) is 0 Å². The van der Waals surface area contributed by atoms with Crippen molar-refractivity contribution in [1.82, 2.24) is 9.27 Å². The van der Waals surface area contributed by atoms with Gasteiger partial charge in [-0.05, 0) is 25.5 Å². The Bertz CT molecular complexity index is 615. The first-order valence-corrected chi connectivity index (χ1v) is 6.80. The normalized spacial score (nSPS) is 12.6. The van der Waals surface area contributed by atoms with Crippen LogP contribution in [0.4, 0.5) is 0 Å². The van der Waals surface area contributed by atoms with Gasteiger partial charge in [-0.2, -0.15) is 0 Å². The van der Waals surface area contributed by atoms with Crippen molar-refractivity contribution in [3.05, 3.63) is 34.6 Å². The van der Waals surface area contributed by atoms with E-state index in [9.17, 15) is 9.59 Å². The van der Waals surface area contributed by atoms with Gasteiger partial charge < -0.3 is 5.32 Å². The van der Waals surface area contributed by atoms with Gasteiger partial charge in [0, 0.05) is 6.54 Å². The van der Waals surface area contributed by atoms with E-state index in [0.29, 0.717) is 11.9 Å². The Balaban J connectivity index is 2.33. The largest absolute Gasteiger partial charge is 0.354 e.